The molecule has 0 radical (unpaired) electrons. The molecule has 0 spiro atoms. The van der Waals surface area contributed by atoms with Crippen molar-refractivity contribution in [1.82, 2.24) is 5.32 Å². The third-order valence-electron chi connectivity index (χ3n) is 4.40. The Morgan fingerprint density at radius 2 is 1.59 bits per heavy atom. The van der Waals surface area contributed by atoms with Crippen LogP contribution in [0.25, 0.3) is 11.1 Å². The van der Waals surface area contributed by atoms with E-state index < -0.39 is 0 Å². The van der Waals surface area contributed by atoms with Crippen molar-refractivity contribution in [3.05, 3.63) is 71.8 Å². The Balaban J connectivity index is 1.46. The van der Waals surface area contributed by atoms with Crippen LogP contribution < -0.4 is 5.32 Å². The van der Waals surface area contributed by atoms with Crippen LogP contribution in [-0.2, 0) is 6.54 Å². The molecule has 1 heteroatoms. The van der Waals surface area contributed by atoms with E-state index in [2.05, 4.69) is 66.0 Å². The molecule has 1 nitrogen and oxygen atoms in total. The van der Waals surface area contributed by atoms with Crippen molar-refractivity contribution in [1.29, 1.82) is 0 Å². The Morgan fingerprint density at radius 3 is 2.32 bits per heavy atom. The minimum absolute atomic E-state index is 0.961. The number of hydrogen-bond acceptors (Lipinski definition) is 1. The predicted molar refractivity (Wildman–Crippen MR) is 94.8 cm³/mol. The molecule has 1 aliphatic carbocycles. The first-order valence-corrected chi connectivity index (χ1v) is 8.45. The molecule has 3 rings (SSSR count). The van der Waals surface area contributed by atoms with Gasteiger partial charge in [-0.25, -0.2) is 0 Å². The highest BCUT2D eigenvalue weighted by molar-refractivity contribution is 5.63. The molecule has 0 saturated heterocycles. The zero-order valence-corrected chi connectivity index (χ0v) is 13.2. The summed E-state index contributed by atoms with van der Waals surface area (Å²) in [7, 11) is 0. The summed E-state index contributed by atoms with van der Waals surface area (Å²) >= 11 is 0. The van der Waals surface area contributed by atoms with Crippen LogP contribution >= 0.6 is 0 Å². The fourth-order valence-corrected chi connectivity index (χ4v) is 3.06. The van der Waals surface area contributed by atoms with Gasteiger partial charge in [0, 0.05) is 6.54 Å². The maximum atomic E-state index is 3.57. The molecule has 1 aliphatic rings. The van der Waals surface area contributed by atoms with Gasteiger partial charge in [-0.15, -0.1) is 0 Å². The topological polar surface area (TPSA) is 12.0 Å². The van der Waals surface area contributed by atoms with E-state index in [9.17, 15) is 0 Å². The maximum Gasteiger partial charge on any atom is 0.0205 e. The highest BCUT2D eigenvalue weighted by Gasteiger charge is 2.03. The molecule has 2 aromatic rings. The van der Waals surface area contributed by atoms with Crippen molar-refractivity contribution in [2.24, 2.45) is 0 Å². The molecule has 22 heavy (non-hydrogen) atoms. The van der Waals surface area contributed by atoms with Crippen LogP contribution in [0.4, 0.5) is 0 Å². The molecule has 114 valence electrons. The van der Waals surface area contributed by atoms with Gasteiger partial charge < -0.3 is 5.32 Å². The predicted octanol–water partition coefficient (Wildman–Crippen LogP) is 5.33. The van der Waals surface area contributed by atoms with Crippen molar-refractivity contribution in [2.45, 2.75) is 38.6 Å². The van der Waals surface area contributed by atoms with Gasteiger partial charge in [-0.2, -0.15) is 0 Å². The summed E-state index contributed by atoms with van der Waals surface area (Å²) in [5.41, 5.74) is 5.58. The SMILES string of the molecule is C1=C(CCNCc2ccc(-c3ccccc3)cc2)CCCC1. The Hall–Kier alpha value is -1.86. The average Bonchev–Trinajstić information content (AvgIpc) is 2.61. The summed E-state index contributed by atoms with van der Waals surface area (Å²) in [5, 5.41) is 3.57. The highest BCUT2D eigenvalue weighted by Crippen LogP contribution is 2.20. The lowest BCUT2D eigenvalue weighted by molar-refractivity contribution is 0.632. The van der Waals surface area contributed by atoms with Gasteiger partial charge in [0.15, 0.2) is 0 Å². The van der Waals surface area contributed by atoms with Gasteiger partial charge in [0.2, 0.25) is 0 Å². The first-order chi connectivity index (χ1) is 10.9. The normalized spacial score (nSPS) is 14.6. The third-order valence-corrected chi connectivity index (χ3v) is 4.40. The summed E-state index contributed by atoms with van der Waals surface area (Å²) < 4.78 is 0. The number of benzene rings is 2. The summed E-state index contributed by atoms with van der Waals surface area (Å²) in [5.74, 6) is 0. The van der Waals surface area contributed by atoms with Crippen LogP contribution in [0, 0.1) is 0 Å². The van der Waals surface area contributed by atoms with Gasteiger partial charge in [0.05, 0.1) is 0 Å². The quantitative estimate of drug-likeness (QED) is 0.560. The van der Waals surface area contributed by atoms with Gasteiger partial charge in [0.1, 0.15) is 0 Å². The molecular formula is C21H25N. The second-order valence-corrected chi connectivity index (χ2v) is 6.10. The summed E-state index contributed by atoms with van der Waals surface area (Å²) in [6, 6.07) is 19.5. The molecule has 0 unspecified atom stereocenters. The highest BCUT2D eigenvalue weighted by atomic mass is 14.8. The number of allylic oxidation sites excluding steroid dienone is 1. The number of hydrogen-bond donors (Lipinski definition) is 1. The minimum atomic E-state index is 0.961. The Kier molecular flexibility index (Phi) is 5.44. The molecule has 0 bridgehead atoms. The molecule has 1 N–H and O–H groups in total. The molecule has 0 saturated carbocycles. The van der Waals surface area contributed by atoms with Crippen molar-refractivity contribution in [3.63, 3.8) is 0 Å². The first kappa shape index (κ1) is 15.1. The first-order valence-electron chi connectivity index (χ1n) is 8.45. The second kappa shape index (κ2) is 7.95. The van der Waals surface area contributed by atoms with Crippen molar-refractivity contribution in [2.75, 3.05) is 6.54 Å². The molecule has 0 atom stereocenters. The molecule has 0 aromatic heterocycles. The lowest BCUT2D eigenvalue weighted by Crippen LogP contribution is -2.15. The van der Waals surface area contributed by atoms with Crippen molar-refractivity contribution < 1.29 is 0 Å². The van der Waals surface area contributed by atoms with Crippen LogP contribution in [0.1, 0.15) is 37.7 Å². The Bertz CT molecular complexity index is 596. The zero-order chi connectivity index (χ0) is 15.0. The Labute approximate surface area is 134 Å². The van der Waals surface area contributed by atoms with Gasteiger partial charge >= 0.3 is 0 Å². The largest absolute Gasteiger partial charge is 0.312 e. The van der Waals surface area contributed by atoms with Gasteiger partial charge in [-0.1, -0.05) is 66.2 Å². The van der Waals surface area contributed by atoms with E-state index in [0.717, 1.165) is 13.1 Å². The van der Waals surface area contributed by atoms with Crippen LogP contribution in [0.15, 0.2) is 66.2 Å². The fraction of sp³-hybridized carbons (Fsp3) is 0.333. The monoisotopic (exact) mass is 291 g/mol. The van der Waals surface area contributed by atoms with E-state index in [1.807, 2.05) is 0 Å². The second-order valence-electron chi connectivity index (χ2n) is 6.10. The van der Waals surface area contributed by atoms with Crippen molar-refractivity contribution >= 4 is 0 Å². The Morgan fingerprint density at radius 1 is 0.818 bits per heavy atom. The standard InChI is InChI=1S/C21H25N/c1-3-7-18(8-4-1)15-16-22-17-19-11-13-21(14-12-19)20-9-5-2-6-10-20/h2,5-7,9-14,22H,1,3-4,8,15-17H2. The molecule has 0 aliphatic heterocycles. The number of rotatable bonds is 6. The van der Waals surface area contributed by atoms with E-state index in [1.54, 1.807) is 5.57 Å². The van der Waals surface area contributed by atoms with E-state index in [1.165, 1.54) is 48.8 Å². The maximum absolute atomic E-state index is 3.57. The molecular weight excluding hydrogens is 266 g/mol. The van der Waals surface area contributed by atoms with Gasteiger partial charge in [-0.05, 0) is 55.3 Å². The lowest BCUT2D eigenvalue weighted by atomic mass is 9.97. The van der Waals surface area contributed by atoms with E-state index >= 15 is 0 Å². The van der Waals surface area contributed by atoms with Crippen molar-refractivity contribution in [3.8, 4) is 11.1 Å². The molecule has 2 aromatic carbocycles. The van der Waals surface area contributed by atoms with E-state index in [-0.39, 0.29) is 0 Å². The van der Waals surface area contributed by atoms with Crippen LogP contribution in [0.2, 0.25) is 0 Å². The fourth-order valence-electron chi connectivity index (χ4n) is 3.06. The zero-order valence-electron chi connectivity index (χ0n) is 13.2. The minimum Gasteiger partial charge on any atom is -0.312 e. The van der Waals surface area contributed by atoms with Crippen LogP contribution in [-0.4, -0.2) is 6.54 Å². The summed E-state index contributed by atoms with van der Waals surface area (Å²) in [6.45, 7) is 2.05. The van der Waals surface area contributed by atoms with Gasteiger partial charge in [-0.3, -0.25) is 0 Å². The van der Waals surface area contributed by atoms with E-state index in [4.69, 9.17) is 0 Å². The smallest absolute Gasteiger partial charge is 0.0205 e. The van der Waals surface area contributed by atoms with Gasteiger partial charge in [0.25, 0.3) is 0 Å². The summed E-state index contributed by atoms with van der Waals surface area (Å²) in [4.78, 5) is 0. The lowest BCUT2D eigenvalue weighted by Gasteiger charge is -2.13. The summed E-state index contributed by atoms with van der Waals surface area (Å²) in [6.07, 6.45) is 9.02. The van der Waals surface area contributed by atoms with Crippen LogP contribution in [0.3, 0.4) is 0 Å². The average molecular weight is 291 g/mol. The number of nitrogens with one attached hydrogen (secondary N) is 1. The third kappa shape index (κ3) is 4.32. The molecule has 0 fully saturated rings. The molecule has 0 heterocycles. The van der Waals surface area contributed by atoms with Crippen LogP contribution in [0.5, 0.6) is 0 Å². The van der Waals surface area contributed by atoms with E-state index in [0.29, 0.717) is 0 Å². The molecule has 0 amide bonds.